The van der Waals surface area contributed by atoms with E-state index in [1.54, 1.807) is 67.6 Å². The van der Waals surface area contributed by atoms with Gasteiger partial charge < -0.3 is 14.3 Å². The van der Waals surface area contributed by atoms with Crippen LogP contribution in [0.1, 0.15) is 23.1 Å². The van der Waals surface area contributed by atoms with E-state index in [0.29, 0.717) is 33.5 Å². The van der Waals surface area contributed by atoms with Gasteiger partial charge in [0.2, 0.25) is 0 Å². The van der Waals surface area contributed by atoms with Crippen LogP contribution in [0.3, 0.4) is 0 Å². The number of benzene rings is 2. The number of rotatable bonds is 4. The van der Waals surface area contributed by atoms with Crippen LogP contribution in [-0.2, 0) is 9.59 Å². The maximum absolute atomic E-state index is 13.1. The predicted molar refractivity (Wildman–Crippen MR) is 113 cm³/mol. The lowest BCUT2D eigenvalue weighted by atomic mass is 9.99. The second-order valence-electron chi connectivity index (χ2n) is 6.80. The number of carbonyl (C=O) groups is 2. The van der Waals surface area contributed by atoms with Crippen LogP contribution in [0.15, 0.2) is 70.7 Å². The summed E-state index contributed by atoms with van der Waals surface area (Å²) >= 11 is 5.94. The number of para-hydroxylation sites is 2. The normalized spacial score (nSPS) is 18.1. The molecule has 152 valence electrons. The molecule has 3 aromatic rings. The molecule has 0 aliphatic carbocycles. The number of hydrogen-bond acceptors (Lipinski definition) is 5. The van der Waals surface area contributed by atoms with E-state index in [1.165, 1.54) is 12.0 Å². The molecule has 1 saturated heterocycles. The molecule has 0 bridgehead atoms. The fourth-order valence-electron chi connectivity index (χ4n) is 3.54. The number of amides is 1. The molecule has 0 radical (unpaired) electrons. The van der Waals surface area contributed by atoms with E-state index < -0.39 is 17.7 Å². The van der Waals surface area contributed by atoms with Gasteiger partial charge in [-0.25, -0.2) is 0 Å². The molecule has 1 aliphatic rings. The summed E-state index contributed by atoms with van der Waals surface area (Å²) in [6.07, 6.45) is 0. The first-order chi connectivity index (χ1) is 14.4. The Balaban J connectivity index is 1.96. The number of ketones is 1. The molecule has 0 spiro atoms. The maximum Gasteiger partial charge on any atom is 0.300 e. The van der Waals surface area contributed by atoms with E-state index in [0.717, 1.165) is 0 Å². The van der Waals surface area contributed by atoms with Crippen LogP contribution in [0.4, 0.5) is 5.69 Å². The minimum atomic E-state index is -0.953. The second-order valence-corrected chi connectivity index (χ2v) is 7.23. The highest BCUT2D eigenvalue weighted by atomic mass is 35.5. The highest BCUT2D eigenvalue weighted by Crippen LogP contribution is 2.45. The van der Waals surface area contributed by atoms with Gasteiger partial charge in [0.1, 0.15) is 29.1 Å². The molecule has 7 heteroatoms. The summed E-state index contributed by atoms with van der Waals surface area (Å²) in [4.78, 5) is 27.4. The molecule has 1 N–H and O–H groups in total. The van der Waals surface area contributed by atoms with Crippen molar-refractivity contribution in [3.63, 3.8) is 0 Å². The van der Waals surface area contributed by atoms with E-state index in [2.05, 4.69) is 0 Å². The van der Waals surface area contributed by atoms with Crippen molar-refractivity contribution >= 4 is 34.7 Å². The largest absolute Gasteiger partial charge is 0.507 e. The van der Waals surface area contributed by atoms with Crippen LogP contribution in [0.5, 0.6) is 5.75 Å². The number of halogens is 1. The third-order valence-electron chi connectivity index (χ3n) is 4.94. The number of methoxy groups -OCH3 is 1. The molecular formula is C23H18ClNO5. The number of ether oxygens (including phenoxy) is 1. The van der Waals surface area contributed by atoms with Gasteiger partial charge in [0.05, 0.1) is 18.4 Å². The summed E-state index contributed by atoms with van der Waals surface area (Å²) in [6, 6.07) is 15.7. The number of carbonyl (C=O) groups excluding carboxylic acids is 2. The zero-order valence-corrected chi connectivity index (χ0v) is 17.0. The monoisotopic (exact) mass is 423 g/mol. The summed E-state index contributed by atoms with van der Waals surface area (Å²) in [7, 11) is 1.48. The molecule has 1 unspecified atom stereocenters. The zero-order valence-electron chi connectivity index (χ0n) is 16.3. The molecule has 6 nitrogen and oxygen atoms in total. The van der Waals surface area contributed by atoms with Crippen LogP contribution in [0.25, 0.3) is 5.76 Å². The molecule has 30 heavy (non-hydrogen) atoms. The van der Waals surface area contributed by atoms with Crippen molar-refractivity contribution in [1.29, 1.82) is 0 Å². The number of furan rings is 1. The van der Waals surface area contributed by atoms with E-state index in [4.69, 9.17) is 20.8 Å². The highest BCUT2D eigenvalue weighted by Gasteiger charge is 2.49. The van der Waals surface area contributed by atoms with Gasteiger partial charge in [0.15, 0.2) is 0 Å². The van der Waals surface area contributed by atoms with E-state index in [1.807, 2.05) is 0 Å². The minimum absolute atomic E-state index is 0.0671. The quantitative estimate of drug-likeness (QED) is 0.367. The maximum atomic E-state index is 13.1. The summed E-state index contributed by atoms with van der Waals surface area (Å²) in [5.41, 5.74) is 0.699. The Hall–Kier alpha value is -3.51. The summed E-state index contributed by atoms with van der Waals surface area (Å²) in [5, 5.41) is 11.5. The lowest BCUT2D eigenvalue weighted by Crippen LogP contribution is -2.29. The second kappa shape index (κ2) is 7.72. The number of aryl methyl sites for hydroxylation is 1. The summed E-state index contributed by atoms with van der Waals surface area (Å²) < 4.78 is 11.2. The third kappa shape index (κ3) is 3.25. The highest BCUT2D eigenvalue weighted by molar-refractivity contribution is 6.51. The van der Waals surface area contributed by atoms with Crippen LogP contribution < -0.4 is 9.64 Å². The Labute approximate surface area is 177 Å². The van der Waals surface area contributed by atoms with Crippen molar-refractivity contribution in [2.24, 2.45) is 0 Å². The Morgan fingerprint density at radius 1 is 1.07 bits per heavy atom. The summed E-state index contributed by atoms with van der Waals surface area (Å²) in [6.45, 7) is 1.76. The topological polar surface area (TPSA) is 80.0 Å². The van der Waals surface area contributed by atoms with Gasteiger partial charge in [0.25, 0.3) is 11.7 Å². The Bertz CT molecular complexity index is 1160. The van der Waals surface area contributed by atoms with Gasteiger partial charge >= 0.3 is 0 Å². The van der Waals surface area contributed by atoms with E-state index in [-0.39, 0.29) is 11.3 Å². The van der Waals surface area contributed by atoms with Gasteiger partial charge in [-0.2, -0.15) is 0 Å². The average molecular weight is 424 g/mol. The molecule has 1 atom stereocenters. The molecule has 1 fully saturated rings. The number of nitrogens with zero attached hydrogens (tertiary/aromatic N) is 1. The average Bonchev–Trinajstić information content (AvgIpc) is 3.29. The van der Waals surface area contributed by atoms with Crippen molar-refractivity contribution in [1.82, 2.24) is 0 Å². The Morgan fingerprint density at radius 2 is 1.77 bits per heavy atom. The van der Waals surface area contributed by atoms with Crippen LogP contribution in [0, 0.1) is 6.92 Å². The Kier molecular flexibility index (Phi) is 5.10. The van der Waals surface area contributed by atoms with Gasteiger partial charge in [0, 0.05) is 10.6 Å². The number of aliphatic hydroxyl groups excluding tert-OH is 1. The van der Waals surface area contributed by atoms with E-state index >= 15 is 0 Å². The third-order valence-corrected chi connectivity index (χ3v) is 5.19. The standard InChI is InChI=1S/C23H18ClNO5/c1-13-7-12-18(30-13)20-19(21(26)14-8-10-15(24)11-9-14)22(27)23(28)25(20)16-5-3-4-6-17(16)29-2/h3-12,20,26H,1-2H3/b21-19-. The number of anilines is 1. The van der Waals surface area contributed by atoms with Crippen molar-refractivity contribution in [2.75, 3.05) is 12.0 Å². The number of aliphatic hydroxyl groups is 1. The molecule has 2 heterocycles. The minimum Gasteiger partial charge on any atom is -0.507 e. The molecule has 1 aliphatic heterocycles. The molecule has 2 aromatic carbocycles. The smallest absolute Gasteiger partial charge is 0.300 e. The number of Topliss-reactive ketones (excluding diaryl/α,β-unsaturated/α-hetero) is 1. The Morgan fingerprint density at radius 3 is 2.40 bits per heavy atom. The van der Waals surface area contributed by atoms with Crippen molar-refractivity contribution in [2.45, 2.75) is 13.0 Å². The van der Waals surface area contributed by atoms with Crippen LogP contribution >= 0.6 is 11.6 Å². The first-order valence-electron chi connectivity index (χ1n) is 9.18. The van der Waals surface area contributed by atoms with Crippen LogP contribution in [0.2, 0.25) is 5.02 Å². The molecule has 4 rings (SSSR count). The van der Waals surface area contributed by atoms with Gasteiger partial charge in [-0.3, -0.25) is 14.5 Å². The van der Waals surface area contributed by atoms with Gasteiger partial charge in [-0.15, -0.1) is 0 Å². The van der Waals surface area contributed by atoms with Gasteiger partial charge in [-0.05, 0) is 55.5 Å². The zero-order chi connectivity index (χ0) is 21.4. The van der Waals surface area contributed by atoms with Crippen molar-refractivity contribution in [3.05, 3.63) is 88.3 Å². The lowest BCUT2D eigenvalue weighted by Gasteiger charge is -2.25. The first kappa shape index (κ1) is 19.8. The summed E-state index contributed by atoms with van der Waals surface area (Å²) in [5.74, 6) is -0.516. The first-order valence-corrected chi connectivity index (χ1v) is 9.56. The van der Waals surface area contributed by atoms with Crippen LogP contribution in [-0.4, -0.2) is 23.9 Å². The van der Waals surface area contributed by atoms with E-state index in [9.17, 15) is 14.7 Å². The number of hydrogen-bond donors (Lipinski definition) is 1. The van der Waals surface area contributed by atoms with Crippen molar-refractivity contribution in [3.8, 4) is 5.75 Å². The van der Waals surface area contributed by atoms with Gasteiger partial charge in [-0.1, -0.05) is 23.7 Å². The molecular weight excluding hydrogens is 406 g/mol. The molecule has 1 amide bonds. The molecule has 0 saturated carbocycles. The fourth-order valence-corrected chi connectivity index (χ4v) is 3.67. The van der Waals surface area contributed by atoms with Crippen molar-refractivity contribution < 1.29 is 23.8 Å². The lowest BCUT2D eigenvalue weighted by molar-refractivity contribution is -0.132. The fraction of sp³-hybridized carbons (Fsp3) is 0.130. The SMILES string of the molecule is COc1ccccc1N1C(=O)C(=O)/C(=C(\O)c2ccc(Cl)cc2)C1c1ccc(C)o1. The predicted octanol–water partition coefficient (Wildman–Crippen LogP) is 4.88. The molecule has 1 aromatic heterocycles.